The van der Waals surface area contributed by atoms with Gasteiger partial charge in [0.2, 0.25) is 5.91 Å². The fourth-order valence-electron chi connectivity index (χ4n) is 3.27. The normalized spacial score (nSPS) is 12.8. The number of nitrogens with one attached hydrogen (secondary N) is 2. The van der Waals surface area contributed by atoms with Crippen LogP contribution in [0.1, 0.15) is 15.9 Å². The molecular weight excluding hydrogens is 373 g/mol. The molecule has 2 aromatic carbocycles. The van der Waals surface area contributed by atoms with Crippen LogP contribution < -0.4 is 16.4 Å². The van der Waals surface area contributed by atoms with Gasteiger partial charge in [-0.2, -0.15) is 5.10 Å². The van der Waals surface area contributed by atoms with Crippen molar-refractivity contribution in [2.45, 2.75) is 6.42 Å². The summed E-state index contributed by atoms with van der Waals surface area (Å²) in [6.45, 7) is 3.95. The molecule has 29 heavy (non-hydrogen) atoms. The second-order valence-corrected chi connectivity index (χ2v) is 6.61. The predicted molar refractivity (Wildman–Crippen MR) is 108 cm³/mol. The number of halogens is 1. The lowest BCUT2D eigenvalue weighted by Gasteiger charge is -2.17. The largest absolute Gasteiger partial charge is 0.382 e. The van der Waals surface area contributed by atoms with Gasteiger partial charge in [0.25, 0.3) is 5.91 Å². The SMILES string of the molecule is C=CC(=O)Nc1cc(-n2cc(-c3ccc4c(c3)CCNC4=O)c(N)n2)ccc1F. The minimum Gasteiger partial charge on any atom is -0.382 e. The first-order valence-corrected chi connectivity index (χ1v) is 8.96. The Kier molecular flexibility index (Phi) is 4.59. The van der Waals surface area contributed by atoms with Crippen LogP contribution in [-0.4, -0.2) is 28.1 Å². The Morgan fingerprint density at radius 1 is 1.28 bits per heavy atom. The second kappa shape index (κ2) is 7.23. The van der Waals surface area contributed by atoms with Gasteiger partial charge in [0.15, 0.2) is 5.82 Å². The zero-order valence-electron chi connectivity index (χ0n) is 15.4. The Bertz CT molecular complexity index is 1150. The smallest absolute Gasteiger partial charge is 0.251 e. The maximum atomic E-state index is 14.0. The fourth-order valence-corrected chi connectivity index (χ4v) is 3.27. The number of rotatable bonds is 4. The van der Waals surface area contributed by atoms with E-state index >= 15 is 0 Å². The molecule has 0 saturated heterocycles. The molecule has 4 N–H and O–H groups in total. The van der Waals surface area contributed by atoms with E-state index in [1.54, 1.807) is 12.3 Å². The second-order valence-electron chi connectivity index (χ2n) is 6.61. The molecule has 0 spiro atoms. The van der Waals surface area contributed by atoms with Gasteiger partial charge in [-0.3, -0.25) is 9.59 Å². The van der Waals surface area contributed by atoms with E-state index in [4.69, 9.17) is 5.73 Å². The van der Waals surface area contributed by atoms with Gasteiger partial charge in [0, 0.05) is 23.9 Å². The number of aromatic nitrogens is 2. The van der Waals surface area contributed by atoms with Crippen LogP contribution in [0.3, 0.4) is 0 Å². The lowest BCUT2D eigenvalue weighted by Crippen LogP contribution is -2.31. The molecule has 0 radical (unpaired) electrons. The summed E-state index contributed by atoms with van der Waals surface area (Å²) >= 11 is 0. The summed E-state index contributed by atoms with van der Waals surface area (Å²) in [6, 6.07) is 9.77. The topological polar surface area (TPSA) is 102 Å². The van der Waals surface area contributed by atoms with Crippen molar-refractivity contribution in [3.8, 4) is 16.8 Å². The molecule has 1 aromatic heterocycles. The Balaban J connectivity index is 1.70. The van der Waals surface area contributed by atoms with Crippen molar-refractivity contribution >= 4 is 23.3 Å². The van der Waals surface area contributed by atoms with E-state index in [1.807, 2.05) is 12.1 Å². The number of anilines is 2. The van der Waals surface area contributed by atoms with Crippen LogP contribution in [0.25, 0.3) is 16.8 Å². The van der Waals surface area contributed by atoms with Crippen molar-refractivity contribution in [1.82, 2.24) is 15.1 Å². The van der Waals surface area contributed by atoms with Crippen molar-refractivity contribution in [1.29, 1.82) is 0 Å². The number of amides is 2. The van der Waals surface area contributed by atoms with Gasteiger partial charge in [-0.05, 0) is 47.9 Å². The molecule has 3 aromatic rings. The van der Waals surface area contributed by atoms with Crippen molar-refractivity contribution in [3.05, 3.63) is 72.2 Å². The van der Waals surface area contributed by atoms with E-state index in [9.17, 15) is 14.0 Å². The molecule has 0 atom stereocenters. The average Bonchev–Trinajstić information content (AvgIpc) is 3.11. The van der Waals surface area contributed by atoms with Crippen molar-refractivity contribution in [2.24, 2.45) is 0 Å². The molecule has 0 aliphatic carbocycles. The summed E-state index contributed by atoms with van der Waals surface area (Å²) < 4.78 is 15.5. The molecule has 0 bridgehead atoms. The van der Waals surface area contributed by atoms with Gasteiger partial charge in [-0.1, -0.05) is 18.7 Å². The summed E-state index contributed by atoms with van der Waals surface area (Å²) in [5.41, 5.74) is 9.81. The van der Waals surface area contributed by atoms with E-state index in [0.29, 0.717) is 29.2 Å². The van der Waals surface area contributed by atoms with Crippen LogP contribution in [0.2, 0.25) is 0 Å². The highest BCUT2D eigenvalue weighted by atomic mass is 19.1. The lowest BCUT2D eigenvalue weighted by molar-refractivity contribution is -0.111. The molecule has 146 valence electrons. The number of fused-ring (bicyclic) bond motifs is 1. The molecule has 7 nitrogen and oxygen atoms in total. The Hall–Kier alpha value is -3.94. The first kappa shape index (κ1) is 18.4. The number of hydrogen-bond acceptors (Lipinski definition) is 4. The van der Waals surface area contributed by atoms with Gasteiger partial charge in [-0.25, -0.2) is 9.07 Å². The number of nitrogens with two attached hydrogens (primary N) is 1. The third-order valence-electron chi connectivity index (χ3n) is 4.74. The van der Waals surface area contributed by atoms with Crippen LogP contribution >= 0.6 is 0 Å². The number of carbonyl (C=O) groups is 2. The first-order chi connectivity index (χ1) is 14.0. The molecule has 4 rings (SSSR count). The third-order valence-corrected chi connectivity index (χ3v) is 4.74. The standard InChI is InChI=1S/C21H18FN5O2/c1-2-19(28)25-18-10-14(4-6-17(18)22)27-11-16(20(23)26-27)12-3-5-15-13(9-12)7-8-24-21(15)29/h2-6,9-11H,1,7-8H2,(H2,23,26)(H,24,29)(H,25,28). The van der Waals surface area contributed by atoms with Crippen molar-refractivity contribution in [3.63, 3.8) is 0 Å². The van der Waals surface area contributed by atoms with E-state index in [0.717, 1.165) is 23.6 Å². The monoisotopic (exact) mass is 391 g/mol. The number of carbonyl (C=O) groups excluding carboxylic acids is 2. The highest BCUT2D eigenvalue weighted by Crippen LogP contribution is 2.30. The molecule has 0 fully saturated rings. The van der Waals surface area contributed by atoms with Gasteiger partial charge < -0.3 is 16.4 Å². The van der Waals surface area contributed by atoms with E-state index < -0.39 is 11.7 Å². The highest BCUT2D eigenvalue weighted by molar-refractivity contribution is 5.99. The third kappa shape index (κ3) is 3.47. The van der Waals surface area contributed by atoms with Gasteiger partial charge >= 0.3 is 0 Å². The quantitative estimate of drug-likeness (QED) is 0.595. The van der Waals surface area contributed by atoms with Crippen LogP contribution in [0.15, 0.2) is 55.3 Å². The average molecular weight is 391 g/mol. The first-order valence-electron chi connectivity index (χ1n) is 8.96. The molecule has 1 aliphatic heterocycles. The van der Waals surface area contributed by atoms with Crippen molar-refractivity contribution < 1.29 is 14.0 Å². The number of nitrogen functional groups attached to an aromatic ring is 1. The maximum Gasteiger partial charge on any atom is 0.251 e. The summed E-state index contributed by atoms with van der Waals surface area (Å²) in [4.78, 5) is 23.4. The zero-order chi connectivity index (χ0) is 20.5. The Morgan fingerprint density at radius 3 is 2.90 bits per heavy atom. The maximum absolute atomic E-state index is 14.0. The Labute approximate surface area is 166 Å². The summed E-state index contributed by atoms with van der Waals surface area (Å²) in [5, 5.41) is 9.55. The molecule has 8 heteroatoms. The predicted octanol–water partition coefficient (Wildman–Crippen LogP) is 2.67. The van der Waals surface area contributed by atoms with Crippen LogP contribution in [0, 0.1) is 5.82 Å². The molecular formula is C21H18FN5O2. The van der Waals surface area contributed by atoms with E-state index in [-0.39, 0.29) is 11.6 Å². The minimum atomic E-state index is -0.572. The Morgan fingerprint density at radius 2 is 2.10 bits per heavy atom. The summed E-state index contributed by atoms with van der Waals surface area (Å²) in [7, 11) is 0. The van der Waals surface area contributed by atoms with Crippen LogP contribution in [-0.2, 0) is 11.2 Å². The summed E-state index contributed by atoms with van der Waals surface area (Å²) in [5.74, 6) is -0.870. The van der Waals surface area contributed by atoms with Crippen LogP contribution in [0.5, 0.6) is 0 Å². The minimum absolute atomic E-state index is 0.0165. The molecule has 2 amide bonds. The number of benzene rings is 2. The molecule has 1 aliphatic rings. The van der Waals surface area contributed by atoms with Crippen LogP contribution in [0.4, 0.5) is 15.9 Å². The molecule has 0 unspecified atom stereocenters. The van der Waals surface area contributed by atoms with Gasteiger partial charge in [0.05, 0.1) is 11.4 Å². The van der Waals surface area contributed by atoms with Gasteiger partial charge in [0.1, 0.15) is 5.82 Å². The van der Waals surface area contributed by atoms with Gasteiger partial charge in [-0.15, -0.1) is 0 Å². The van der Waals surface area contributed by atoms with E-state index in [2.05, 4.69) is 22.3 Å². The van der Waals surface area contributed by atoms with E-state index in [1.165, 1.54) is 22.9 Å². The molecule has 2 heterocycles. The zero-order valence-corrected chi connectivity index (χ0v) is 15.4. The number of nitrogens with zero attached hydrogens (tertiary/aromatic N) is 2. The highest BCUT2D eigenvalue weighted by Gasteiger charge is 2.18. The summed E-state index contributed by atoms with van der Waals surface area (Å²) in [6.07, 6.45) is 3.53. The fraction of sp³-hybridized carbons (Fsp3) is 0.0952. The van der Waals surface area contributed by atoms with Crippen molar-refractivity contribution in [2.75, 3.05) is 17.6 Å². The number of hydrogen-bond donors (Lipinski definition) is 3. The molecule has 0 saturated carbocycles. The lowest BCUT2D eigenvalue weighted by atomic mass is 9.96.